The Morgan fingerprint density at radius 2 is 2.00 bits per heavy atom. The van der Waals surface area contributed by atoms with Crippen LogP contribution in [0.15, 0.2) is 42.8 Å². The molecule has 18 heavy (non-hydrogen) atoms. The number of hydrogen-bond acceptors (Lipinski definition) is 0. The van der Waals surface area contributed by atoms with Crippen molar-refractivity contribution in [3.63, 3.8) is 0 Å². The Labute approximate surface area is 111 Å². The van der Waals surface area contributed by atoms with Gasteiger partial charge in [0.1, 0.15) is 7.05 Å². The zero-order valence-corrected chi connectivity index (χ0v) is 11.8. The van der Waals surface area contributed by atoms with Gasteiger partial charge in [-0.25, -0.2) is 4.57 Å². The van der Waals surface area contributed by atoms with Gasteiger partial charge in [-0.15, -0.1) is 0 Å². The average molecular weight is 240 g/mol. The molecule has 0 saturated carbocycles. The Balaban J connectivity index is 2.91. The molecule has 0 aliphatic carbocycles. The van der Waals surface area contributed by atoms with Crippen molar-refractivity contribution in [1.82, 2.24) is 0 Å². The number of pyridine rings is 1. The zero-order chi connectivity index (χ0) is 13.4. The van der Waals surface area contributed by atoms with Crippen molar-refractivity contribution in [2.45, 2.75) is 27.2 Å². The van der Waals surface area contributed by atoms with Crippen molar-refractivity contribution < 1.29 is 4.57 Å². The molecule has 1 aromatic rings. The molecule has 0 unspecified atom stereocenters. The molecule has 0 spiro atoms. The molecule has 0 atom stereocenters. The molecule has 0 amide bonds. The van der Waals surface area contributed by atoms with Gasteiger partial charge in [0.15, 0.2) is 12.4 Å². The van der Waals surface area contributed by atoms with Crippen molar-refractivity contribution >= 4 is 5.57 Å². The minimum Gasteiger partial charge on any atom is -0.208 e. The van der Waals surface area contributed by atoms with E-state index in [0.29, 0.717) is 5.92 Å². The highest BCUT2D eigenvalue weighted by Gasteiger charge is 1.99. The van der Waals surface area contributed by atoms with Gasteiger partial charge in [-0.1, -0.05) is 37.8 Å². The van der Waals surface area contributed by atoms with Gasteiger partial charge in [0.25, 0.3) is 0 Å². The first kappa shape index (κ1) is 14.3. The molecule has 0 bridgehead atoms. The third-order valence-corrected chi connectivity index (χ3v) is 2.50. The van der Waals surface area contributed by atoms with Gasteiger partial charge in [-0.2, -0.15) is 0 Å². The topological polar surface area (TPSA) is 3.88 Å². The molecule has 1 aromatic heterocycles. The van der Waals surface area contributed by atoms with Crippen LogP contribution in [0, 0.1) is 17.8 Å². The smallest absolute Gasteiger partial charge is 0.169 e. The van der Waals surface area contributed by atoms with Gasteiger partial charge in [-0.3, -0.25) is 0 Å². The van der Waals surface area contributed by atoms with Crippen LogP contribution >= 0.6 is 0 Å². The Kier molecular flexibility index (Phi) is 5.94. The van der Waals surface area contributed by atoms with Crippen LogP contribution in [0.2, 0.25) is 0 Å². The highest BCUT2D eigenvalue weighted by molar-refractivity contribution is 5.75. The molecular formula is C17H22N+. The van der Waals surface area contributed by atoms with Gasteiger partial charge < -0.3 is 0 Å². The van der Waals surface area contributed by atoms with E-state index in [1.807, 2.05) is 43.1 Å². The molecule has 1 rings (SSSR count). The molecule has 94 valence electrons. The van der Waals surface area contributed by atoms with Crippen LogP contribution in [-0.4, -0.2) is 0 Å². The lowest BCUT2D eigenvalue weighted by atomic mass is 10.1. The van der Waals surface area contributed by atoms with E-state index in [4.69, 9.17) is 0 Å². The van der Waals surface area contributed by atoms with Gasteiger partial charge >= 0.3 is 0 Å². The van der Waals surface area contributed by atoms with Crippen molar-refractivity contribution in [3.05, 3.63) is 48.3 Å². The fourth-order valence-corrected chi connectivity index (χ4v) is 1.49. The standard InChI is InChI=1S/C17H22N/c1-5-8-16(10-7-6-9-15(2)3)17-11-13-18(4)14-12-17/h5,8,10-15H,9H2,1-4H3/q+1/b8-5-,16-10+. The predicted octanol–water partition coefficient (Wildman–Crippen LogP) is 3.52. The summed E-state index contributed by atoms with van der Waals surface area (Å²) in [6, 6.07) is 4.21. The van der Waals surface area contributed by atoms with E-state index in [9.17, 15) is 0 Å². The van der Waals surface area contributed by atoms with Gasteiger partial charge in [0, 0.05) is 18.6 Å². The van der Waals surface area contributed by atoms with Crippen LogP contribution in [0.4, 0.5) is 0 Å². The lowest BCUT2D eigenvalue weighted by molar-refractivity contribution is -0.671. The molecule has 0 saturated heterocycles. The number of aromatic nitrogens is 1. The van der Waals surface area contributed by atoms with E-state index in [-0.39, 0.29) is 0 Å². The highest BCUT2D eigenvalue weighted by atomic mass is 14.9. The summed E-state index contributed by atoms with van der Waals surface area (Å²) in [5, 5.41) is 0. The third kappa shape index (κ3) is 5.01. The lowest BCUT2D eigenvalue weighted by Crippen LogP contribution is -2.25. The second-order valence-corrected chi connectivity index (χ2v) is 4.77. The molecule has 1 nitrogen and oxygen atoms in total. The molecule has 0 aliphatic rings. The van der Waals surface area contributed by atoms with Crippen molar-refractivity contribution in [1.29, 1.82) is 0 Å². The fraction of sp³-hybridized carbons (Fsp3) is 0.353. The monoisotopic (exact) mass is 240 g/mol. The number of allylic oxidation sites excluding steroid dienone is 4. The van der Waals surface area contributed by atoms with E-state index in [0.717, 1.165) is 12.0 Å². The fourth-order valence-electron chi connectivity index (χ4n) is 1.49. The van der Waals surface area contributed by atoms with Crippen LogP contribution in [0.1, 0.15) is 32.8 Å². The highest BCUT2D eigenvalue weighted by Crippen LogP contribution is 2.13. The molecule has 1 heteroatoms. The van der Waals surface area contributed by atoms with Crippen molar-refractivity contribution in [2.75, 3.05) is 0 Å². The Hall–Kier alpha value is -1.81. The summed E-state index contributed by atoms with van der Waals surface area (Å²) in [6.07, 6.45) is 11.2. The normalized spacial score (nSPS) is 11.7. The largest absolute Gasteiger partial charge is 0.208 e. The first-order valence-electron chi connectivity index (χ1n) is 6.40. The zero-order valence-electron chi connectivity index (χ0n) is 11.8. The summed E-state index contributed by atoms with van der Waals surface area (Å²) in [4.78, 5) is 0. The lowest BCUT2D eigenvalue weighted by Gasteiger charge is -1.99. The summed E-state index contributed by atoms with van der Waals surface area (Å²) in [5.74, 6) is 6.97. The van der Waals surface area contributed by atoms with Gasteiger partial charge in [-0.05, 0) is 30.1 Å². The van der Waals surface area contributed by atoms with E-state index >= 15 is 0 Å². The van der Waals surface area contributed by atoms with Crippen LogP contribution in [-0.2, 0) is 7.05 Å². The van der Waals surface area contributed by atoms with Crippen molar-refractivity contribution in [2.24, 2.45) is 13.0 Å². The SMILES string of the molecule is C/C=C\C(=C/C#CCC(C)C)c1cc[n+](C)cc1. The maximum atomic E-state index is 3.19. The number of aryl methyl sites for hydroxylation is 1. The quantitative estimate of drug-likeness (QED) is 0.432. The minimum absolute atomic E-state index is 0.631. The van der Waals surface area contributed by atoms with Gasteiger partial charge in [0.2, 0.25) is 0 Å². The number of nitrogens with zero attached hydrogens (tertiary/aromatic N) is 1. The molecule has 0 aliphatic heterocycles. The maximum Gasteiger partial charge on any atom is 0.169 e. The predicted molar refractivity (Wildman–Crippen MR) is 77.6 cm³/mol. The van der Waals surface area contributed by atoms with Crippen LogP contribution < -0.4 is 4.57 Å². The average Bonchev–Trinajstić information content (AvgIpc) is 2.34. The number of rotatable bonds is 3. The molecule has 0 aromatic carbocycles. The summed E-state index contributed by atoms with van der Waals surface area (Å²) in [5.41, 5.74) is 2.36. The van der Waals surface area contributed by atoms with E-state index in [1.54, 1.807) is 0 Å². The number of hydrogen-bond donors (Lipinski definition) is 0. The molecule has 1 heterocycles. The Morgan fingerprint density at radius 1 is 1.33 bits per heavy atom. The first-order chi connectivity index (χ1) is 8.63. The molecule has 0 N–H and O–H groups in total. The first-order valence-corrected chi connectivity index (χ1v) is 6.40. The van der Waals surface area contributed by atoms with Crippen LogP contribution in [0.3, 0.4) is 0 Å². The maximum absolute atomic E-state index is 3.19. The van der Waals surface area contributed by atoms with Crippen molar-refractivity contribution in [3.8, 4) is 11.8 Å². The Morgan fingerprint density at radius 3 is 2.56 bits per heavy atom. The second-order valence-electron chi connectivity index (χ2n) is 4.77. The summed E-state index contributed by atoms with van der Waals surface area (Å²) < 4.78 is 2.03. The van der Waals surface area contributed by atoms with Crippen LogP contribution in [0.5, 0.6) is 0 Å². The van der Waals surface area contributed by atoms with E-state index in [1.165, 1.54) is 5.56 Å². The molecular weight excluding hydrogens is 218 g/mol. The van der Waals surface area contributed by atoms with E-state index in [2.05, 4.69) is 43.9 Å². The summed E-state index contributed by atoms with van der Waals surface area (Å²) >= 11 is 0. The second kappa shape index (κ2) is 7.50. The molecule has 0 fully saturated rings. The van der Waals surface area contributed by atoms with Gasteiger partial charge in [0.05, 0.1) is 0 Å². The summed E-state index contributed by atoms with van der Waals surface area (Å²) in [7, 11) is 2.02. The minimum atomic E-state index is 0.631. The Bertz CT molecular complexity index is 479. The molecule has 0 radical (unpaired) electrons. The van der Waals surface area contributed by atoms with E-state index < -0.39 is 0 Å². The summed E-state index contributed by atoms with van der Waals surface area (Å²) in [6.45, 7) is 6.39. The third-order valence-electron chi connectivity index (χ3n) is 2.50. The van der Waals surface area contributed by atoms with Crippen LogP contribution in [0.25, 0.3) is 5.57 Å².